The Bertz CT molecular complexity index is 1440. The first-order valence-corrected chi connectivity index (χ1v) is 13.4. The molecule has 3 aliphatic heterocycles. The van der Waals surface area contributed by atoms with E-state index in [1.54, 1.807) is 18.2 Å². The van der Waals surface area contributed by atoms with E-state index in [9.17, 15) is 18.0 Å². The van der Waals surface area contributed by atoms with Crippen LogP contribution in [0.15, 0.2) is 40.9 Å². The molecule has 3 amide bonds. The molecule has 1 aromatic heterocycles. The van der Waals surface area contributed by atoms with Gasteiger partial charge >= 0.3 is 6.03 Å². The summed E-state index contributed by atoms with van der Waals surface area (Å²) in [7, 11) is -0.588. The lowest BCUT2D eigenvalue weighted by molar-refractivity contribution is -0.126. The number of aromatic amines is 1. The highest BCUT2D eigenvalue weighted by molar-refractivity contribution is 7.89. The minimum atomic E-state index is -3.97. The first kappa shape index (κ1) is 24.8. The summed E-state index contributed by atoms with van der Waals surface area (Å²) < 4.78 is 34.0. The highest BCUT2D eigenvalue weighted by Gasteiger charge is 2.43. The molecule has 196 valence electrons. The Morgan fingerprint density at radius 2 is 2.00 bits per heavy atom. The largest absolute Gasteiger partial charge is 0.453 e. The normalized spacial score (nSPS) is 22.4. The number of likely N-dealkylation sites (N-methyl/N-ethyl adjacent to an activating group) is 1. The van der Waals surface area contributed by atoms with E-state index in [1.165, 1.54) is 27.3 Å². The maximum absolute atomic E-state index is 13.5. The number of rotatable bonds is 3. The third-order valence-electron chi connectivity index (χ3n) is 7.08. The zero-order valence-electron chi connectivity index (χ0n) is 20.8. The second kappa shape index (κ2) is 9.20. The van der Waals surface area contributed by atoms with Crippen LogP contribution >= 0.6 is 0 Å². The topological polar surface area (TPSA) is 130 Å². The number of ether oxygens (including phenoxy) is 1. The van der Waals surface area contributed by atoms with Crippen molar-refractivity contribution in [1.82, 2.24) is 34.8 Å². The van der Waals surface area contributed by atoms with E-state index in [0.29, 0.717) is 35.3 Å². The molecule has 2 aromatic rings. The van der Waals surface area contributed by atoms with Crippen LogP contribution in [0.25, 0.3) is 10.9 Å². The Balaban J connectivity index is 1.36. The Morgan fingerprint density at radius 3 is 2.73 bits per heavy atom. The van der Waals surface area contributed by atoms with Gasteiger partial charge in [-0.25, -0.2) is 18.2 Å². The van der Waals surface area contributed by atoms with Crippen LogP contribution in [0.2, 0.25) is 0 Å². The van der Waals surface area contributed by atoms with Gasteiger partial charge in [-0.3, -0.25) is 10.2 Å². The number of sulfonamides is 1. The number of H-pyrrole nitrogens is 1. The molecule has 2 atom stereocenters. The molecular formula is C24H29N7O5S. The molecule has 1 fully saturated rings. The van der Waals surface area contributed by atoms with Gasteiger partial charge in [0.05, 0.1) is 5.70 Å². The second-order valence-electron chi connectivity index (χ2n) is 9.17. The van der Waals surface area contributed by atoms with Crippen molar-refractivity contribution >= 4 is 32.9 Å². The number of hydrazine groups is 1. The highest BCUT2D eigenvalue weighted by atomic mass is 32.2. The molecule has 2 unspecified atom stereocenters. The van der Waals surface area contributed by atoms with Gasteiger partial charge in [0, 0.05) is 63.2 Å². The van der Waals surface area contributed by atoms with Crippen LogP contribution in [0.1, 0.15) is 18.9 Å². The van der Waals surface area contributed by atoms with Crippen LogP contribution in [0.4, 0.5) is 4.79 Å². The number of nitrogens with zero attached hydrogens (tertiary/aromatic N) is 4. The van der Waals surface area contributed by atoms with Crippen LogP contribution in [0, 0.1) is 12.3 Å². The number of carbonyl (C=O) groups is 2. The van der Waals surface area contributed by atoms with Crippen molar-refractivity contribution in [3.63, 3.8) is 0 Å². The van der Waals surface area contributed by atoms with E-state index in [-0.39, 0.29) is 30.9 Å². The molecular weight excluding hydrogens is 498 g/mol. The predicted octanol–water partition coefficient (Wildman–Crippen LogP) is 0.378. The quantitative estimate of drug-likeness (QED) is 0.492. The smallest absolute Gasteiger partial charge is 0.339 e. The van der Waals surface area contributed by atoms with E-state index in [4.69, 9.17) is 11.2 Å². The van der Waals surface area contributed by atoms with Crippen molar-refractivity contribution in [2.24, 2.45) is 0 Å². The summed E-state index contributed by atoms with van der Waals surface area (Å²) in [6.45, 7) is 2.18. The van der Waals surface area contributed by atoms with Gasteiger partial charge in [-0.1, -0.05) is 5.92 Å². The third kappa shape index (κ3) is 4.21. The number of piperazine rings is 1. The molecule has 1 saturated heterocycles. The van der Waals surface area contributed by atoms with Crippen molar-refractivity contribution < 1.29 is 22.7 Å². The summed E-state index contributed by atoms with van der Waals surface area (Å²) >= 11 is 0. The fourth-order valence-corrected chi connectivity index (χ4v) is 6.30. The van der Waals surface area contributed by atoms with Gasteiger partial charge in [0.2, 0.25) is 11.8 Å². The molecule has 0 aliphatic carbocycles. The van der Waals surface area contributed by atoms with Crippen molar-refractivity contribution in [1.29, 1.82) is 0 Å². The monoisotopic (exact) mass is 527 g/mol. The number of fused-ring (bicyclic) bond motifs is 1. The molecule has 0 bridgehead atoms. The summed E-state index contributed by atoms with van der Waals surface area (Å²) in [5.41, 5.74) is 5.26. The maximum atomic E-state index is 13.5. The first-order valence-electron chi connectivity index (χ1n) is 11.9. The van der Waals surface area contributed by atoms with Gasteiger partial charge in [0.1, 0.15) is 11.1 Å². The van der Waals surface area contributed by atoms with E-state index >= 15 is 0 Å². The van der Waals surface area contributed by atoms with Gasteiger partial charge in [-0.05, 0) is 31.2 Å². The molecule has 3 aliphatic rings. The number of hydrogen-bond donors (Lipinski definition) is 3. The average Bonchev–Trinajstić information content (AvgIpc) is 3.47. The minimum absolute atomic E-state index is 0.000824. The van der Waals surface area contributed by atoms with Crippen LogP contribution in [-0.2, 0) is 19.6 Å². The van der Waals surface area contributed by atoms with E-state index < -0.39 is 28.0 Å². The Hall–Kier alpha value is -3.89. The van der Waals surface area contributed by atoms with Crippen molar-refractivity contribution in [2.75, 3.05) is 40.3 Å². The fourth-order valence-electron chi connectivity index (χ4n) is 4.84. The molecule has 0 saturated carbocycles. The molecule has 37 heavy (non-hydrogen) atoms. The zero-order chi connectivity index (χ0) is 26.5. The molecule has 0 spiro atoms. The summed E-state index contributed by atoms with van der Waals surface area (Å²) in [6.07, 6.45) is 5.90. The van der Waals surface area contributed by atoms with Gasteiger partial charge in [0.25, 0.3) is 10.0 Å². The van der Waals surface area contributed by atoms with Crippen molar-refractivity contribution in [3.05, 3.63) is 41.4 Å². The van der Waals surface area contributed by atoms with Crippen LogP contribution in [-0.4, -0.2) is 97.0 Å². The summed E-state index contributed by atoms with van der Waals surface area (Å²) in [6, 6.07) is 5.28. The van der Waals surface area contributed by atoms with Gasteiger partial charge in [-0.15, -0.1) is 6.42 Å². The Labute approximate surface area is 215 Å². The SMILES string of the molecule is C#Cc1ccc2[nH]c(S(=O)(=O)N3CCN(C(=O)N4CCC5=C(N4)OC(C)N5C)C(C(=O)NC)C3)cc2c1. The van der Waals surface area contributed by atoms with Gasteiger partial charge in [-0.2, -0.15) is 4.31 Å². The zero-order valence-corrected chi connectivity index (χ0v) is 21.6. The highest BCUT2D eigenvalue weighted by Crippen LogP contribution is 2.29. The number of nitrogens with one attached hydrogen (secondary N) is 3. The number of urea groups is 1. The summed E-state index contributed by atoms with van der Waals surface area (Å²) in [4.78, 5) is 32.6. The van der Waals surface area contributed by atoms with Gasteiger partial charge < -0.3 is 24.8 Å². The van der Waals surface area contributed by atoms with Gasteiger partial charge in [0.15, 0.2) is 6.23 Å². The molecule has 1 aromatic carbocycles. The molecule has 5 rings (SSSR count). The number of hydrogen-bond acceptors (Lipinski definition) is 7. The summed E-state index contributed by atoms with van der Waals surface area (Å²) in [5, 5.41) is 4.64. The van der Waals surface area contributed by atoms with Crippen LogP contribution in [0.3, 0.4) is 0 Å². The number of aromatic nitrogens is 1. The lowest BCUT2D eigenvalue weighted by atomic mass is 10.2. The standard InChI is InChI=1S/C24H29N7O5S/c1-5-16-6-7-18-17(12-16)13-21(26-18)37(34,35)29-10-11-30(20(14-29)22(32)25-3)24(33)31-9-8-19-23(27-31)36-15(2)28(19)4/h1,6-7,12-13,15,20,26-27H,8-11,14H2,2-4H3,(H,25,32). The molecule has 12 nitrogen and oxygen atoms in total. The molecule has 0 radical (unpaired) electrons. The Morgan fingerprint density at radius 1 is 1.22 bits per heavy atom. The number of amides is 3. The van der Waals surface area contributed by atoms with Crippen molar-refractivity contribution in [2.45, 2.75) is 30.6 Å². The average molecular weight is 528 g/mol. The lowest BCUT2D eigenvalue weighted by Crippen LogP contribution is -2.64. The van der Waals surface area contributed by atoms with E-state index in [2.05, 4.69) is 21.6 Å². The molecule has 13 heteroatoms. The summed E-state index contributed by atoms with van der Waals surface area (Å²) in [5.74, 6) is 2.60. The van der Waals surface area contributed by atoms with Crippen LogP contribution < -0.4 is 10.7 Å². The van der Waals surface area contributed by atoms with Crippen LogP contribution in [0.5, 0.6) is 0 Å². The molecule has 4 heterocycles. The third-order valence-corrected chi connectivity index (χ3v) is 8.87. The number of benzene rings is 1. The minimum Gasteiger partial charge on any atom is -0.453 e. The Kier molecular flexibility index (Phi) is 6.17. The van der Waals surface area contributed by atoms with Crippen molar-refractivity contribution in [3.8, 4) is 12.3 Å². The first-order chi connectivity index (χ1) is 17.6. The maximum Gasteiger partial charge on any atom is 0.339 e. The second-order valence-corrected chi connectivity index (χ2v) is 11.1. The number of terminal acetylenes is 1. The molecule has 3 N–H and O–H groups in total. The van der Waals surface area contributed by atoms with E-state index in [0.717, 1.165) is 5.70 Å². The fraction of sp³-hybridized carbons (Fsp3) is 0.417. The van der Waals surface area contributed by atoms with E-state index in [1.807, 2.05) is 18.9 Å². The predicted molar refractivity (Wildman–Crippen MR) is 135 cm³/mol. The number of carbonyl (C=O) groups excluding carboxylic acids is 2. The lowest BCUT2D eigenvalue weighted by Gasteiger charge is -2.42.